The Balaban J connectivity index is 1.58. The molecule has 4 nitrogen and oxygen atoms in total. The topological polar surface area (TPSA) is 40.6 Å². The summed E-state index contributed by atoms with van der Waals surface area (Å²) >= 11 is 12.8. The molecule has 1 atom stereocenters. The Kier molecular flexibility index (Phi) is 6.60. The van der Waals surface area contributed by atoms with Gasteiger partial charge in [0, 0.05) is 5.02 Å². The van der Waals surface area contributed by atoms with Crippen LogP contribution in [0.2, 0.25) is 24.7 Å². The van der Waals surface area contributed by atoms with E-state index in [0.29, 0.717) is 33.0 Å². The van der Waals surface area contributed by atoms with E-state index in [-0.39, 0.29) is 6.10 Å². The van der Waals surface area contributed by atoms with Gasteiger partial charge < -0.3 is 14.2 Å². The highest BCUT2D eigenvalue weighted by atomic mass is 35.5. The Hall–Kier alpha value is -1.67. The lowest BCUT2D eigenvalue weighted by atomic mass is 10.3. The summed E-state index contributed by atoms with van der Waals surface area (Å²) in [7, 11) is -1.31. The maximum absolute atomic E-state index is 6.02. The van der Waals surface area contributed by atoms with E-state index in [1.807, 2.05) is 49.4 Å². The van der Waals surface area contributed by atoms with Crippen LogP contribution in [0.5, 0.6) is 16.7 Å². The smallest absolute Gasteiger partial charge is 0.279 e. The quantitative estimate of drug-likeness (QED) is 0.294. The van der Waals surface area contributed by atoms with E-state index in [1.54, 1.807) is 0 Å². The second-order valence-electron chi connectivity index (χ2n) is 7.59. The number of hydrogen-bond donors (Lipinski definition) is 0. The van der Waals surface area contributed by atoms with Gasteiger partial charge in [0.25, 0.3) is 5.19 Å². The van der Waals surface area contributed by atoms with Crippen LogP contribution in [0.1, 0.15) is 6.92 Å². The number of fused-ring (bicyclic) bond motifs is 1. The van der Waals surface area contributed by atoms with Gasteiger partial charge in [0.1, 0.15) is 11.5 Å². The summed E-state index contributed by atoms with van der Waals surface area (Å²) in [4.78, 5) is 4.46. The molecule has 0 N–H and O–H groups in total. The first kappa shape index (κ1) is 21.0. The fourth-order valence-corrected chi connectivity index (χ4v) is 4.18. The molecular formula is C20H22ClNO3S2Si. The molecule has 148 valence electrons. The zero-order valence-electron chi connectivity index (χ0n) is 16.2. The normalized spacial score (nSPS) is 12.6. The van der Waals surface area contributed by atoms with Crippen molar-refractivity contribution in [3.05, 3.63) is 47.5 Å². The van der Waals surface area contributed by atoms with Crippen molar-refractivity contribution in [2.75, 3.05) is 6.23 Å². The third kappa shape index (κ3) is 5.91. The molecule has 3 rings (SSSR count). The van der Waals surface area contributed by atoms with Crippen LogP contribution in [0.25, 0.3) is 10.2 Å². The Morgan fingerprint density at radius 3 is 2.50 bits per heavy atom. The van der Waals surface area contributed by atoms with Gasteiger partial charge >= 0.3 is 0 Å². The van der Waals surface area contributed by atoms with Crippen molar-refractivity contribution in [3.8, 4) is 16.7 Å². The zero-order valence-corrected chi connectivity index (χ0v) is 19.6. The predicted molar refractivity (Wildman–Crippen MR) is 123 cm³/mol. The monoisotopic (exact) mass is 451 g/mol. The standard InChI is InChI=1S/C20H22ClNO3S2Si/c1-13(19(26)23-12-28(2,3)4)24-15-6-8-16(9-7-15)25-20-22-17-10-5-14(21)11-18(17)27-20/h5-11,13H,12H2,1-4H3. The minimum atomic E-state index is -1.31. The van der Waals surface area contributed by atoms with Gasteiger partial charge in [-0.25, -0.2) is 4.98 Å². The first-order chi connectivity index (χ1) is 13.2. The summed E-state index contributed by atoms with van der Waals surface area (Å²) in [5, 5.41) is 1.74. The van der Waals surface area contributed by atoms with Crippen LogP contribution in [-0.4, -0.2) is 30.4 Å². The van der Waals surface area contributed by atoms with Crippen LogP contribution < -0.4 is 9.47 Å². The summed E-state index contributed by atoms with van der Waals surface area (Å²) in [5.74, 6) is 1.39. The molecule has 0 aliphatic heterocycles. The number of halogens is 1. The SMILES string of the molecule is CC(Oc1ccc(Oc2nc3ccc(Cl)cc3s2)cc1)C(=S)OC[Si](C)(C)C. The number of aromatic nitrogens is 1. The van der Waals surface area contributed by atoms with Crippen molar-refractivity contribution in [2.45, 2.75) is 32.7 Å². The third-order valence-corrected chi connectivity index (χ3v) is 6.24. The second kappa shape index (κ2) is 8.78. The van der Waals surface area contributed by atoms with Crippen molar-refractivity contribution >= 4 is 58.5 Å². The Morgan fingerprint density at radius 2 is 1.82 bits per heavy atom. The molecule has 1 aromatic heterocycles. The van der Waals surface area contributed by atoms with E-state index in [4.69, 9.17) is 38.0 Å². The molecule has 0 spiro atoms. The van der Waals surface area contributed by atoms with Crippen LogP contribution >= 0.6 is 35.2 Å². The maximum Gasteiger partial charge on any atom is 0.279 e. The molecule has 0 radical (unpaired) electrons. The molecule has 0 aliphatic rings. The van der Waals surface area contributed by atoms with Gasteiger partial charge in [-0.3, -0.25) is 0 Å². The van der Waals surface area contributed by atoms with Crippen molar-refractivity contribution < 1.29 is 14.2 Å². The Bertz CT molecular complexity index is 970. The summed E-state index contributed by atoms with van der Waals surface area (Å²) in [6.07, 6.45) is 0.395. The van der Waals surface area contributed by atoms with Gasteiger partial charge in [-0.2, -0.15) is 0 Å². The van der Waals surface area contributed by atoms with E-state index in [0.717, 1.165) is 10.2 Å². The van der Waals surface area contributed by atoms with Gasteiger partial charge in [-0.05, 0) is 61.6 Å². The first-order valence-electron chi connectivity index (χ1n) is 8.87. The molecule has 0 saturated heterocycles. The number of thiocarbonyl (C=S) groups is 1. The summed E-state index contributed by atoms with van der Waals surface area (Å²) in [6, 6.07) is 13.0. The molecule has 0 bridgehead atoms. The number of ether oxygens (including phenoxy) is 3. The minimum absolute atomic E-state index is 0.299. The van der Waals surface area contributed by atoms with Crippen LogP contribution in [0.4, 0.5) is 0 Å². The van der Waals surface area contributed by atoms with Crippen LogP contribution in [0, 0.1) is 0 Å². The van der Waals surface area contributed by atoms with Crippen LogP contribution in [0.15, 0.2) is 42.5 Å². The number of thiazole rings is 1. The Morgan fingerprint density at radius 1 is 1.14 bits per heavy atom. The number of hydrogen-bond acceptors (Lipinski definition) is 6. The molecule has 28 heavy (non-hydrogen) atoms. The van der Waals surface area contributed by atoms with Crippen molar-refractivity contribution in [2.24, 2.45) is 0 Å². The fraction of sp³-hybridized carbons (Fsp3) is 0.300. The number of nitrogens with zero attached hydrogens (tertiary/aromatic N) is 1. The van der Waals surface area contributed by atoms with E-state index < -0.39 is 8.07 Å². The fourth-order valence-electron chi connectivity index (χ4n) is 2.27. The van der Waals surface area contributed by atoms with E-state index in [9.17, 15) is 0 Å². The van der Waals surface area contributed by atoms with Crippen molar-refractivity contribution in [1.82, 2.24) is 4.98 Å². The largest absolute Gasteiger partial charge is 0.487 e. The average Bonchev–Trinajstić information content (AvgIpc) is 3.02. The average molecular weight is 452 g/mol. The molecule has 0 saturated carbocycles. The van der Waals surface area contributed by atoms with Crippen molar-refractivity contribution in [1.29, 1.82) is 0 Å². The lowest BCUT2D eigenvalue weighted by molar-refractivity contribution is 0.241. The molecule has 1 heterocycles. The molecule has 3 aromatic rings. The zero-order chi connectivity index (χ0) is 20.3. The second-order valence-corrected chi connectivity index (χ2v) is 14.8. The van der Waals surface area contributed by atoms with E-state index in [2.05, 4.69) is 24.6 Å². The minimum Gasteiger partial charge on any atom is -0.487 e. The summed E-state index contributed by atoms with van der Waals surface area (Å²) < 4.78 is 18.4. The molecule has 0 aliphatic carbocycles. The molecular weight excluding hydrogens is 430 g/mol. The lowest BCUT2D eigenvalue weighted by Crippen LogP contribution is -2.33. The van der Waals surface area contributed by atoms with Crippen LogP contribution in [0.3, 0.4) is 0 Å². The highest BCUT2D eigenvalue weighted by molar-refractivity contribution is 7.80. The maximum atomic E-state index is 6.02. The Labute approximate surface area is 180 Å². The lowest BCUT2D eigenvalue weighted by Gasteiger charge is -2.21. The molecule has 0 amide bonds. The van der Waals surface area contributed by atoms with Gasteiger partial charge in [0.05, 0.1) is 24.5 Å². The van der Waals surface area contributed by atoms with Gasteiger partial charge in [0.2, 0.25) is 0 Å². The third-order valence-electron chi connectivity index (χ3n) is 3.65. The van der Waals surface area contributed by atoms with Gasteiger partial charge in [0.15, 0.2) is 11.2 Å². The molecule has 8 heteroatoms. The van der Waals surface area contributed by atoms with Gasteiger partial charge in [-0.1, -0.05) is 42.6 Å². The summed E-state index contributed by atoms with van der Waals surface area (Å²) in [5.41, 5.74) is 0.866. The molecule has 2 aromatic carbocycles. The number of benzene rings is 2. The van der Waals surface area contributed by atoms with E-state index >= 15 is 0 Å². The first-order valence-corrected chi connectivity index (χ1v) is 14.2. The molecule has 1 unspecified atom stereocenters. The van der Waals surface area contributed by atoms with Gasteiger partial charge in [-0.15, -0.1) is 0 Å². The number of rotatable bonds is 7. The summed E-state index contributed by atoms with van der Waals surface area (Å²) in [6.45, 7) is 8.60. The highest BCUT2D eigenvalue weighted by Gasteiger charge is 2.18. The van der Waals surface area contributed by atoms with Crippen molar-refractivity contribution in [3.63, 3.8) is 0 Å². The molecule has 0 fully saturated rings. The van der Waals surface area contributed by atoms with E-state index in [1.165, 1.54) is 11.3 Å². The highest BCUT2D eigenvalue weighted by Crippen LogP contribution is 2.33. The van der Waals surface area contributed by atoms with Crippen LogP contribution in [-0.2, 0) is 4.74 Å². The predicted octanol–water partition coefficient (Wildman–Crippen LogP) is 6.73.